The highest BCUT2D eigenvalue weighted by Crippen LogP contribution is 2.21. The number of nitrogens with two attached hydrogens (primary N) is 1. The first-order chi connectivity index (χ1) is 10.0. The van der Waals surface area contributed by atoms with Crippen LogP contribution in [0.4, 0.5) is 5.69 Å². The Morgan fingerprint density at radius 1 is 1.38 bits per heavy atom. The van der Waals surface area contributed by atoms with Crippen LogP contribution in [0.3, 0.4) is 0 Å². The van der Waals surface area contributed by atoms with Crippen molar-refractivity contribution in [1.82, 2.24) is 4.98 Å². The van der Waals surface area contributed by atoms with Crippen molar-refractivity contribution >= 4 is 29.0 Å². The van der Waals surface area contributed by atoms with Crippen LogP contribution in [0.2, 0.25) is 5.02 Å². The number of hydrogen-bond donors (Lipinski definition) is 3. The summed E-state index contributed by atoms with van der Waals surface area (Å²) in [4.78, 5) is 16.2. The van der Waals surface area contributed by atoms with E-state index in [9.17, 15) is 4.79 Å². The summed E-state index contributed by atoms with van der Waals surface area (Å²) in [7, 11) is 0. The van der Waals surface area contributed by atoms with Gasteiger partial charge < -0.3 is 16.3 Å². The van der Waals surface area contributed by atoms with Crippen LogP contribution in [0.25, 0.3) is 0 Å². The molecule has 1 aromatic heterocycles. The van der Waals surface area contributed by atoms with Crippen LogP contribution in [-0.2, 0) is 0 Å². The van der Waals surface area contributed by atoms with E-state index in [0.29, 0.717) is 21.8 Å². The summed E-state index contributed by atoms with van der Waals surface area (Å²) in [5.74, 6) is -0.482. The number of anilines is 1. The number of rotatable bonds is 3. The van der Waals surface area contributed by atoms with Crippen molar-refractivity contribution < 1.29 is 10.0 Å². The Morgan fingerprint density at radius 3 is 2.81 bits per heavy atom. The molecule has 0 bridgehead atoms. The molecule has 0 unspecified atom stereocenters. The number of carbonyl (C=O) groups is 1. The zero-order chi connectivity index (χ0) is 15.4. The van der Waals surface area contributed by atoms with E-state index in [2.05, 4.69) is 15.5 Å². The number of amidine groups is 1. The highest BCUT2D eigenvalue weighted by Gasteiger charge is 2.13. The maximum Gasteiger partial charge on any atom is 0.257 e. The van der Waals surface area contributed by atoms with Crippen LogP contribution >= 0.6 is 11.6 Å². The minimum atomic E-state index is -0.361. The van der Waals surface area contributed by atoms with Crippen LogP contribution in [0, 0.1) is 6.92 Å². The van der Waals surface area contributed by atoms with Crippen LogP contribution in [0.15, 0.2) is 41.8 Å². The molecule has 2 rings (SSSR count). The van der Waals surface area contributed by atoms with Crippen molar-refractivity contribution in [3.8, 4) is 0 Å². The average molecular weight is 305 g/mol. The van der Waals surface area contributed by atoms with Crippen LogP contribution in [0.1, 0.15) is 21.5 Å². The van der Waals surface area contributed by atoms with Gasteiger partial charge in [0.1, 0.15) is 0 Å². The molecule has 1 amide bonds. The van der Waals surface area contributed by atoms with Gasteiger partial charge in [0.25, 0.3) is 5.91 Å². The Hall–Kier alpha value is -2.60. The Labute approximate surface area is 126 Å². The van der Waals surface area contributed by atoms with E-state index in [1.807, 2.05) is 6.92 Å². The largest absolute Gasteiger partial charge is 0.409 e. The number of oxime groups is 1. The summed E-state index contributed by atoms with van der Waals surface area (Å²) in [6, 6.07) is 6.37. The number of aromatic nitrogens is 1. The number of hydrogen-bond acceptors (Lipinski definition) is 4. The van der Waals surface area contributed by atoms with Gasteiger partial charge in [-0.25, -0.2) is 0 Å². The summed E-state index contributed by atoms with van der Waals surface area (Å²) in [6.07, 6.45) is 3.11. The standard InChI is InChI=1S/C14H13ClN4O2/c1-8-4-9(7-17-6-8)14(20)18-12-5-10(15)2-3-11(12)13(16)19-21/h2-7,21H,1H3,(H2,16,19)(H,18,20). The number of halogens is 1. The van der Waals surface area contributed by atoms with Gasteiger partial charge in [-0.2, -0.15) is 0 Å². The van der Waals surface area contributed by atoms with Gasteiger partial charge in [-0.15, -0.1) is 0 Å². The molecule has 0 saturated heterocycles. The Balaban J connectivity index is 2.35. The van der Waals surface area contributed by atoms with Gasteiger partial charge in [0.15, 0.2) is 5.84 Å². The van der Waals surface area contributed by atoms with E-state index in [0.717, 1.165) is 5.56 Å². The van der Waals surface area contributed by atoms with E-state index in [-0.39, 0.29) is 11.7 Å². The molecule has 0 aliphatic heterocycles. The lowest BCUT2D eigenvalue weighted by molar-refractivity contribution is 0.102. The SMILES string of the molecule is Cc1cncc(C(=O)Nc2cc(Cl)ccc2C(N)=NO)c1. The molecule has 1 heterocycles. The summed E-state index contributed by atoms with van der Waals surface area (Å²) in [5.41, 5.74) is 7.57. The smallest absolute Gasteiger partial charge is 0.257 e. The summed E-state index contributed by atoms with van der Waals surface area (Å²) >= 11 is 5.91. The molecule has 0 fully saturated rings. The van der Waals surface area contributed by atoms with Gasteiger partial charge in [-0.05, 0) is 36.8 Å². The molecular weight excluding hydrogens is 292 g/mol. The average Bonchev–Trinajstić information content (AvgIpc) is 2.46. The molecule has 108 valence electrons. The van der Waals surface area contributed by atoms with Gasteiger partial charge in [0.05, 0.1) is 11.3 Å². The number of benzene rings is 1. The molecule has 0 atom stereocenters. The Bertz CT molecular complexity index is 716. The molecule has 0 aliphatic rings. The number of nitrogens with one attached hydrogen (secondary N) is 1. The Kier molecular flexibility index (Phi) is 4.39. The molecule has 0 aliphatic carbocycles. The molecular formula is C14H13ClN4O2. The zero-order valence-electron chi connectivity index (χ0n) is 11.2. The second-order valence-corrected chi connectivity index (χ2v) is 4.82. The predicted molar refractivity (Wildman–Crippen MR) is 80.9 cm³/mol. The fraction of sp³-hybridized carbons (Fsp3) is 0.0714. The van der Waals surface area contributed by atoms with Crippen LogP contribution in [0.5, 0.6) is 0 Å². The van der Waals surface area contributed by atoms with E-state index in [4.69, 9.17) is 22.5 Å². The van der Waals surface area contributed by atoms with E-state index in [1.165, 1.54) is 12.3 Å². The molecule has 2 aromatic rings. The van der Waals surface area contributed by atoms with Crippen molar-refractivity contribution in [3.05, 3.63) is 58.4 Å². The van der Waals surface area contributed by atoms with Gasteiger partial charge in [-0.1, -0.05) is 16.8 Å². The normalized spacial score (nSPS) is 11.2. The van der Waals surface area contributed by atoms with Crippen molar-refractivity contribution in [2.75, 3.05) is 5.32 Å². The Morgan fingerprint density at radius 2 is 2.14 bits per heavy atom. The number of carbonyl (C=O) groups excluding carboxylic acids is 1. The first kappa shape index (κ1) is 14.8. The van der Waals surface area contributed by atoms with E-state index < -0.39 is 0 Å². The lowest BCUT2D eigenvalue weighted by Crippen LogP contribution is -2.19. The molecule has 21 heavy (non-hydrogen) atoms. The van der Waals surface area contributed by atoms with Crippen LogP contribution < -0.4 is 11.1 Å². The molecule has 1 aromatic carbocycles. The molecule has 4 N–H and O–H groups in total. The quantitative estimate of drug-likeness (QED) is 0.351. The third-order valence-electron chi connectivity index (χ3n) is 2.75. The minimum absolute atomic E-state index is 0.121. The van der Waals surface area contributed by atoms with Gasteiger partial charge >= 0.3 is 0 Å². The number of amides is 1. The van der Waals surface area contributed by atoms with Crippen molar-refractivity contribution in [3.63, 3.8) is 0 Å². The molecule has 0 radical (unpaired) electrons. The molecule has 7 heteroatoms. The second kappa shape index (κ2) is 6.23. The fourth-order valence-electron chi connectivity index (χ4n) is 1.77. The van der Waals surface area contributed by atoms with E-state index >= 15 is 0 Å². The van der Waals surface area contributed by atoms with Crippen molar-refractivity contribution in [2.24, 2.45) is 10.9 Å². The van der Waals surface area contributed by atoms with Gasteiger partial charge in [-0.3, -0.25) is 9.78 Å². The highest BCUT2D eigenvalue weighted by atomic mass is 35.5. The predicted octanol–water partition coefficient (Wildman–Crippen LogP) is 2.39. The third kappa shape index (κ3) is 3.49. The zero-order valence-corrected chi connectivity index (χ0v) is 11.9. The third-order valence-corrected chi connectivity index (χ3v) is 2.99. The molecule has 0 spiro atoms. The number of pyridine rings is 1. The number of nitrogens with zero attached hydrogens (tertiary/aromatic N) is 2. The topological polar surface area (TPSA) is 101 Å². The molecule has 0 saturated carbocycles. The van der Waals surface area contributed by atoms with Gasteiger partial charge in [0.2, 0.25) is 0 Å². The van der Waals surface area contributed by atoms with E-state index in [1.54, 1.807) is 24.4 Å². The molecule has 6 nitrogen and oxygen atoms in total. The van der Waals surface area contributed by atoms with Gasteiger partial charge in [0, 0.05) is 23.0 Å². The fourth-order valence-corrected chi connectivity index (χ4v) is 1.94. The summed E-state index contributed by atoms with van der Waals surface area (Å²) < 4.78 is 0. The maximum atomic E-state index is 12.2. The summed E-state index contributed by atoms with van der Waals surface area (Å²) in [6.45, 7) is 1.84. The monoisotopic (exact) mass is 304 g/mol. The first-order valence-electron chi connectivity index (χ1n) is 6.01. The maximum absolute atomic E-state index is 12.2. The minimum Gasteiger partial charge on any atom is -0.409 e. The lowest BCUT2D eigenvalue weighted by atomic mass is 10.1. The lowest BCUT2D eigenvalue weighted by Gasteiger charge is -2.11. The van der Waals surface area contributed by atoms with Crippen LogP contribution in [-0.4, -0.2) is 21.9 Å². The number of aryl methyl sites for hydroxylation is 1. The summed E-state index contributed by atoms with van der Waals surface area (Å²) in [5, 5.41) is 14.8. The van der Waals surface area contributed by atoms with Crippen molar-refractivity contribution in [2.45, 2.75) is 6.92 Å². The highest BCUT2D eigenvalue weighted by molar-refractivity contribution is 6.31. The van der Waals surface area contributed by atoms with Crippen molar-refractivity contribution in [1.29, 1.82) is 0 Å². The second-order valence-electron chi connectivity index (χ2n) is 4.38. The first-order valence-corrected chi connectivity index (χ1v) is 6.39.